The largest absolute Gasteiger partial charge is 0.496 e. The second-order valence-electron chi connectivity index (χ2n) is 41.3. The fourth-order valence-corrected chi connectivity index (χ4v) is 30.5. The van der Waals surface area contributed by atoms with Gasteiger partial charge in [-0.25, -0.2) is 50.0 Å². The predicted molar refractivity (Wildman–Crippen MR) is 576 cm³/mol. The summed E-state index contributed by atoms with van der Waals surface area (Å²) in [6.07, 6.45) is 33.5. The van der Waals surface area contributed by atoms with Crippen molar-refractivity contribution in [1.29, 1.82) is 10.5 Å². The molecule has 4 aliphatic heterocycles. The first-order valence-electron chi connectivity index (χ1n) is 46.9. The number of hydrogen-bond acceptors (Lipinski definition) is 17. The lowest BCUT2D eigenvalue weighted by Gasteiger charge is -2.48. The second kappa shape index (κ2) is 46.8. The van der Waals surface area contributed by atoms with Gasteiger partial charge >= 0.3 is 7.12 Å². The minimum atomic E-state index is -3.26. The van der Waals surface area contributed by atoms with Crippen LogP contribution in [0.5, 0.6) is 0 Å². The summed E-state index contributed by atoms with van der Waals surface area (Å²) in [5, 5.41) is 23.1. The number of aromatic amines is 2. The van der Waals surface area contributed by atoms with E-state index in [9.17, 15) is 35.8 Å². The summed E-state index contributed by atoms with van der Waals surface area (Å²) in [6.45, 7) is 61.5. The normalized spacial score (nSPS) is 16.0. The molecule has 29 nitrogen and oxygen atoms in total. The smallest absolute Gasteiger partial charge is 0.399 e. The Labute approximate surface area is 833 Å². The molecule has 0 bridgehead atoms. The van der Waals surface area contributed by atoms with Gasteiger partial charge in [0.1, 0.15) is 42.8 Å². The van der Waals surface area contributed by atoms with Crippen molar-refractivity contribution < 1.29 is 48.8 Å². The number of rotatable bonds is 33. The van der Waals surface area contributed by atoms with Crippen molar-refractivity contribution in [2.24, 2.45) is 0 Å². The highest BCUT2D eigenvalue weighted by Gasteiger charge is 2.54. The van der Waals surface area contributed by atoms with Crippen LogP contribution in [0.15, 0.2) is 188 Å². The van der Waals surface area contributed by atoms with Crippen molar-refractivity contribution in [3.8, 4) is 45.5 Å². The van der Waals surface area contributed by atoms with Crippen LogP contribution in [0.4, 0.5) is 0 Å². The highest BCUT2D eigenvalue weighted by atomic mass is 79.9. The zero-order chi connectivity index (χ0) is 99.4. The molecule has 4 fully saturated rings. The van der Waals surface area contributed by atoms with E-state index in [1.165, 1.54) is 42.3 Å². The molecular formula is C100H148BBrN18O11S3Si4. The number of nitriles is 2. The molecule has 4 saturated heterocycles. The minimum absolute atomic E-state index is 0. The quantitative estimate of drug-likeness (QED) is 0.0219. The Balaban J connectivity index is 0.000000189. The van der Waals surface area contributed by atoms with E-state index in [4.69, 9.17) is 30.1 Å². The molecule has 12 aromatic heterocycles. The molecule has 138 heavy (non-hydrogen) atoms. The van der Waals surface area contributed by atoms with Crippen LogP contribution in [0.3, 0.4) is 0 Å². The summed E-state index contributed by atoms with van der Waals surface area (Å²) in [4.78, 5) is 27.1. The maximum atomic E-state index is 12.2. The number of nitrogens with zero attached hydrogens (tertiary/aromatic N) is 16. The molecule has 0 spiro atoms. The van der Waals surface area contributed by atoms with Crippen LogP contribution in [-0.2, 0) is 84.9 Å². The zero-order valence-corrected chi connectivity index (χ0v) is 91.5. The van der Waals surface area contributed by atoms with Crippen molar-refractivity contribution in [3.63, 3.8) is 0 Å². The van der Waals surface area contributed by atoms with Crippen molar-refractivity contribution in [2.45, 2.75) is 254 Å². The van der Waals surface area contributed by atoms with Crippen LogP contribution in [0.2, 0.25) is 93.7 Å². The van der Waals surface area contributed by atoms with Gasteiger partial charge < -0.3 is 60.6 Å². The second-order valence-corrected chi connectivity index (χ2v) is 71.5. The van der Waals surface area contributed by atoms with Gasteiger partial charge in [-0.05, 0) is 218 Å². The molecular weight excluding hydrogens is 1930 g/mol. The van der Waals surface area contributed by atoms with E-state index < -0.39 is 73.6 Å². The lowest BCUT2D eigenvalue weighted by molar-refractivity contribution is 0.00578. The third kappa shape index (κ3) is 26.7. The number of pyridine rings is 4. The highest BCUT2D eigenvalue weighted by Crippen LogP contribution is 2.45. The molecule has 0 aliphatic carbocycles. The fraction of sp³-hybridized carbons (Fsp3) is 0.510. The SMILES string of the molecule is C.C.CC(C)[Si](C(C)C)(C(C)C)n1ccc(B2OC(C)(C)C(C)(C)O2)c1.CCS(=O)(=O)N1CC(CC#N)(n2ccc(-c3ccnc4[nH]ccc34)c2)C1.CCS(=O)(=O)N1CC(CC#N)(n2ccc(-c3ccnc4c3ccn4COCC[Si](C)(C)C)c2)C1.C[Si](C)(C)CCOCn1ccc2c(-c3cc[nH]c3)ccnc21.C[Si](C)(C)CCOCn1ccc2c(Br)ccnc21.[C-]#[N+]C=C1CN(S(=O)(=O)CC)C1. The van der Waals surface area contributed by atoms with Crippen molar-refractivity contribution in [1.82, 2.24) is 69.9 Å². The molecule has 0 unspecified atom stereocenters. The van der Waals surface area contributed by atoms with Crippen LogP contribution in [0, 0.1) is 29.2 Å². The molecule has 0 aromatic carbocycles. The van der Waals surface area contributed by atoms with Crippen molar-refractivity contribution in [3.05, 3.63) is 200 Å². The van der Waals surface area contributed by atoms with E-state index in [0.717, 1.165) is 108 Å². The summed E-state index contributed by atoms with van der Waals surface area (Å²) >= 11 is 3.53. The Kier molecular flexibility index (Phi) is 38.2. The molecule has 748 valence electrons. The Bertz CT molecular complexity index is 6520. The summed E-state index contributed by atoms with van der Waals surface area (Å²) < 4.78 is 119. The topological polar surface area (TPSA) is 323 Å². The van der Waals surface area contributed by atoms with Crippen LogP contribution < -0.4 is 5.46 Å². The summed E-state index contributed by atoms with van der Waals surface area (Å²) in [6, 6.07) is 32.5. The number of aromatic nitrogens is 12. The van der Waals surface area contributed by atoms with Crippen LogP contribution in [-0.4, -0.2) is 222 Å². The molecule has 4 aliphatic rings. The molecule has 0 radical (unpaired) electrons. The first-order valence-corrected chi connectivity index (χ1v) is 65.9. The molecule has 38 heteroatoms. The van der Waals surface area contributed by atoms with Crippen LogP contribution in [0.1, 0.15) is 118 Å². The van der Waals surface area contributed by atoms with Crippen molar-refractivity contribution in [2.75, 3.05) is 76.3 Å². The lowest BCUT2D eigenvalue weighted by atomic mass is 9.81. The maximum Gasteiger partial charge on any atom is 0.496 e. The van der Waals surface area contributed by atoms with E-state index in [-0.39, 0.29) is 63.3 Å². The fourth-order valence-electron chi connectivity index (χ4n) is 17.7. The molecule has 16 heterocycles. The molecule has 16 rings (SSSR count). The summed E-state index contributed by atoms with van der Waals surface area (Å²) in [7, 11) is -14.6. The van der Waals surface area contributed by atoms with Crippen LogP contribution in [0.25, 0.3) is 82.4 Å². The molecule has 0 atom stereocenters. The molecule has 12 aromatic rings. The van der Waals surface area contributed by atoms with Gasteiger partial charge in [-0.3, -0.25) is 0 Å². The Morgan fingerprint density at radius 1 is 0.514 bits per heavy atom. The Hall–Kier alpha value is -8.97. The number of H-pyrrole nitrogens is 2. The minimum Gasteiger partial charge on any atom is -0.399 e. The first-order chi connectivity index (χ1) is 64.0. The van der Waals surface area contributed by atoms with Gasteiger partial charge in [-0.1, -0.05) is 115 Å². The molecule has 0 amide bonds. The third-order valence-electron chi connectivity index (χ3n) is 26.5. The number of nitrogens with one attached hydrogen (secondary N) is 2. The number of fused-ring (bicyclic) bond motifs is 4. The highest BCUT2D eigenvalue weighted by molar-refractivity contribution is 9.10. The van der Waals surface area contributed by atoms with Gasteiger partial charge in [0.05, 0.1) is 71.1 Å². The maximum absolute atomic E-state index is 12.2. The average Bonchev–Trinajstić information content (AvgIpc) is 1.44. The lowest BCUT2D eigenvalue weighted by Crippen LogP contribution is -2.63. The van der Waals surface area contributed by atoms with E-state index in [1.54, 1.807) is 33.2 Å². The third-order valence-corrected chi connectivity index (χ3v) is 44.4. The number of halogens is 1. The number of ether oxygens (including phenoxy) is 3. The van der Waals surface area contributed by atoms with Crippen molar-refractivity contribution >= 4 is 135 Å². The van der Waals surface area contributed by atoms with E-state index in [2.05, 4.69) is 255 Å². The van der Waals surface area contributed by atoms with E-state index in [0.29, 0.717) is 76.1 Å². The Morgan fingerprint density at radius 2 is 0.913 bits per heavy atom. The number of sulfonamides is 3. The molecule has 0 saturated carbocycles. The van der Waals surface area contributed by atoms with Gasteiger partial charge in [0.25, 0.3) is 0 Å². The Morgan fingerprint density at radius 3 is 1.31 bits per heavy atom. The monoisotopic (exact) mass is 2070 g/mol. The summed E-state index contributed by atoms with van der Waals surface area (Å²) in [5.41, 5.74) is 12.6. The van der Waals surface area contributed by atoms with Gasteiger partial charge in [-0.2, -0.15) is 23.4 Å². The van der Waals surface area contributed by atoms with Gasteiger partial charge in [0.15, 0.2) is 14.4 Å². The number of hydrogen-bond donors (Lipinski definition) is 2. The van der Waals surface area contributed by atoms with Gasteiger partial charge in [0, 0.05) is 207 Å². The van der Waals surface area contributed by atoms with Gasteiger partial charge in [0.2, 0.25) is 30.1 Å². The van der Waals surface area contributed by atoms with Crippen LogP contribution >= 0.6 is 15.9 Å². The predicted octanol–water partition coefficient (Wildman–Crippen LogP) is 21.4. The standard InChI is InChI=1S/C24H33N5O3SSi.C19H36BNO2Si.C18H19N5O2S.C17H23N3OSi.C13H19BrN2OSi.C7H10N2O2S.2CH4/c1-5-33(30,31)29-17-24(18-29,9-10-25)28-13-7-20(16-28)21-6-11-26-23-22(21)8-12-27(23)19-32-14-15-34(2,3)4;1-14(2)24(15(3)4,16(5)6)21-12-11-17(13-21)20-22-18(7,8)19(9,10)23-20;1-2-26(24,25)23-12-18(13-23,6-7-19)22-10-5-14(11-22)15-3-8-20-17-16(15)4-9-21-17;1-22(2,3)11-10-21-13-20-9-6-16-15(5-8-19-17(16)20)14-4-7-18-12-14;1-18(2,3)9-8-17-10-16-7-5-11-12(14)4-6-15-13(11)16;1-3-12(10,11)9-5-7(6-9)4-8-2;;/h6-8,11-13,16H,5,9,14-15,17-19H2,1-4H3;11-16H,1-10H3;3-5,8-11H,2,6,12-13H2,1H3,(H,20,21);4-9,12,18H,10-11,13H2,1-3H3;4-7H,8-10H2,1-3H3;4H,3,5-6H2,1H3;2*1H4. The first kappa shape index (κ1) is 113. The zero-order valence-electron chi connectivity index (χ0n) is 83.4. The van der Waals surface area contributed by atoms with Gasteiger partial charge in [-0.15, -0.1) is 0 Å². The molecule has 2 N–H and O–H groups in total. The van der Waals surface area contributed by atoms with E-state index in [1.807, 2.05) is 123 Å². The average molecular weight is 2080 g/mol. The summed E-state index contributed by atoms with van der Waals surface area (Å²) in [5.74, 6) is 0.285. The van der Waals surface area contributed by atoms with E-state index >= 15 is 0 Å².